The molecule has 0 atom stereocenters. The topological polar surface area (TPSA) is 80.5 Å². The van der Waals surface area contributed by atoms with Crippen LogP contribution in [0.1, 0.15) is 36.7 Å². The Morgan fingerprint density at radius 1 is 1.09 bits per heavy atom. The van der Waals surface area contributed by atoms with Gasteiger partial charge in [0.1, 0.15) is 5.94 Å². The van der Waals surface area contributed by atoms with Gasteiger partial charge in [0.2, 0.25) is 0 Å². The summed E-state index contributed by atoms with van der Waals surface area (Å²) in [5.74, 6) is 0.486. The van der Waals surface area contributed by atoms with E-state index in [-0.39, 0.29) is 5.91 Å². The van der Waals surface area contributed by atoms with Crippen molar-refractivity contribution in [2.75, 3.05) is 28.7 Å². The molecule has 0 aliphatic carbocycles. The highest BCUT2D eigenvalue weighted by molar-refractivity contribution is 8.00. The maximum Gasteiger partial charge on any atom is 0.255 e. The number of pyridine rings is 1. The predicted octanol–water partition coefficient (Wildman–Crippen LogP) is 10.5. The highest BCUT2D eigenvalue weighted by atomic mass is 35.5. The van der Waals surface area contributed by atoms with Gasteiger partial charge in [-0.15, -0.1) is 13.2 Å². The summed E-state index contributed by atoms with van der Waals surface area (Å²) in [6.45, 7) is 18.6. The second kappa shape index (κ2) is 20.2. The maximum atomic E-state index is 13.0. The summed E-state index contributed by atoms with van der Waals surface area (Å²) in [4.78, 5) is 17.8. The fourth-order valence-corrected chi connectivity index (χ4v) is 5.06. The van der Waals surface area contributed by atoms with Crippen molar-refractivity contribution in [2.45, 2.75) is 27.7 Å². The molecule has 0 radical (unpaired) electrons. The van der Waals surface area contributed by atoms with Crippen molar-refractivity contribution in [1.82, 2.24) is 4.98 Å². The molecule has 2 heterocycles. The summed E-state index contributed by atoms with van der Waals surface area (Å²) in [6, 6.07) is 23.3. The minimum atomic E-state index is -0.159. The summed E-state index contributed by atoms with van der Waals surface area (Å²) in [7, 11) is 0. The van der Waals surface area contributed by atoms with Gasteiger partial charge in [-0.3, -0.25) is 4.79 Å². The second-order valence-corrected chi connectivity index (χ2v) is 11.7. The number of hydrogen-bond acceptors (Lipinski definition) is 6. The molecule has 0 bridgehead atoms. The Morgan fingerprint density at radius 2 is 1.80 bits per heavy atom. The number of amides is 1. The van der Waals surface area contributed by atoms with Crippen LogP contribution in [0.15, 0.2) is 121 Å². The van der Waals surface area contributed by atoms with Gasteiger partial charge in [0.25, 0.3) is 5.91 Å². The number of hydrogen-bond donors (Lipinski definition) is 2. The first kappa shape index (κ1) is 38.2. The lowest BCUT2D eigenvalue weighted by atomic mass is 10.1. The molecule has 0 saturated carbocycles. The van der Waals surface area contributed by atoms with Crippen molar-refractivity contribution in [3.05, 3.63) is 138 Å². The normalized spacial score (nSPS) is 12.6. The van der Waals surface area contributed by atoms with E-state index < -0.39 is 0 Å². The summed E-state index contributed by atoms with van der Waals surface area (Å²) in [5.41, 5.74) is 11.5. The zero-order chi connectivity index (χ0) is 34.1. The van der Waals surface area contributed by atoms with E-state index in [2.05, 4.69) is 29.4 Å². The van der Waals surface area contributed by atoms with Crippen LogP contribution in [0.25, 0.3) is 22.2 Å². The molecule has 1 aliphatic heterocycles. The first-order valence-corrected chi connectivity index (χ1v) is 16.2. The van der Waals surface area contributed by atoms with E-state index in [0.717, 1.165) is 45.0 Å². The Balaban J connectivity index is 0.000000484. The number of fused-ring (bicyclic) bond motifs is 1. The zero-order valence-electron chi connectivity index (χ0n) is 26.9. The third kappa shape index (κ3) is 12.1. The molecule has 1 aromatic heterocycles. The van der Waals surface area contributed by atoms with E-state index in [1.165, 1.54) is 0 Å². The number of anilines is 2. The van der Waals surface area contributed by atoms with E-state index >= 15 is 0 Å². The molecular weight excluding hydrogens is 635 g/mol. The molecule has 4 aromatic rings. The summed E-state index contributed by atoms with van der Waals surface area (Å²) < 4.78 is 7.59. The zero-order valence-corrected chi connectivity index (χ0v) is 29.2. The first-order chi connectivity index (χ1) is 22.1. The van der Waals surface area contributed by atoms with Gasteiger partial charge in [-0.2, -0.15) is 0 Å². The molecule has 1 fully saturated rings. The predicted molar refractivity (Wildman–Crippen MR) is 202 cm³/mol. The molecule has 9 heteroatoms. The molecule has 0 spiro atoms. The monoisotopic (exact) mass is 676 g/mol. The average Bonchev–Trinajstić information content (AvgIpc) is 3.07. The number of aryl methyl sites for hydroxylation is 1. The van der Waals surface area contributed by atoms with E-state index in [9.17, 15) is 4.79 Å². The van der Waals surface area contributed by atoms with Crippen molar-refractivity contribution in [1.29, 1.82) is 0 Å². The van der Waals surface area contributed by atoms with Crippen LogP contribution in [0.4, 0.5) is 11.4 Å². The van der Waals surface area contributed by atoms with Crippen molar-refractivity contribution in [3.8, 4) is 11.3 Å². The van der Waals surface area contributed by atoms with Crippen molar-refractivity contribution < 1.29 is 9.53 Å². The highest BCUT2D eigenvalue weighted by Crippen LogP contribution is 2.31. The van der Waals surface area contributed by atoms with Crippen molar-refractivity contribution in [2.24, 2.45) is 5.73 Å². The minimum Gasteiger partial charge on any atom is -0.399 e. The van der Waals surface area contributed by atoms with Gasteiger partial charge in [0, 0.05) is 38.6 Å². The molecule has 5 rings (SSSR count). The standard InChI is InChI=1S/C26H22ClN3O2S.C5H9N.C4H7Cl.C2H4/c1-17-14-20(30-12-13-32-16-33-30)8-9-21(17)26(31)28-19-7-10-23(27)22(15-19)25-11-6-18-4-2-3-5-24(18)29-25;1-3-4-5(2)6;1-3-4(2)5;1-2/h2-11,14-15H,12-13,16H2,1H3,(H,28,31);3-4H,2,6H2,1H3;3H,1-2H3;1-2H2/b;4-3-;4-3+;. The Hall–Kier alpha value is -4.01. The lowest BCUT2D eigenvalue weighted by molar-refractivity contribution is 0.102. The maximum absolute atomic E-state index is 13.0. The number of para-hydroxylation sites is 1. The van der Waals surface area contributed by atoms with E-state index in [1.54, 1.807) is 30.2 Å². The van der Waals surface area contributed by atoms with Crippen LogP contribution < -0.4 is 15.4 Å². The molecular formula is C37H42Cl2N4O2S. The van der Waals surface area contributed by atoms with Gasteiger partial charge >= 0.3 is 0 Å². The number of aromatic nitrogens is 1. The SMILES string of the molecule is C/C=C(\C)Cl.C=C.C=C(N)/C=C\C.Cc1cc(N2CCOCS2)ccc1C(=O)Nc1ccc(Cl)c(-c2ccc3ccccc3n2)c1. The highest BCUT2D eigenvalue weighted by Gasteiger charge is 2.16. The van der Waals surface area contributed by atoms with Crippen LogP contribution in [0.5, 0.6) is 0 Å². The number of halogens is 2. The minimum absolute atomic E-state index is 0.159. The molecule has 3 aromatic carbocycles. The summed E-state index contributed by atoms with van der Waals surface area (Å²) in [6.07, 6.45) is 5.45. The fourth-order valence-electron chi connectivity index (χ4n) is 4.06. The molecule has 1 saturated heterocycles. The van der Waals surface area contributed by atoms with Gasteiger partial charge in [0.05, 0.1) is 29.4 Å². The number of allylic oxidation sites excluding steroid dienone is 4. The molecule has 46 heavy (non-hydrogen) atoms. The van der Waals surface area contributed by atoms with Crippen LogP contribution in [0.2, 0.25) is 5.02 Å². The lowest BCUT2D eigenvalue weighted by Gasteiger charge is -2.27. The summed E-state index contributed by atoms with van der Waals surface area (Å²) >= 11 is 13.4. The van der Waals surface area contributed by atoms with E-state index in [0.29, 0.717) is 34.5 Å². The van der Waals surface area contributed by atoms with E-state index in [4.69, 9.17) is 38.7 Å². The van der Waals surface area contributed by atoms with Crippen molar-refractivity contribution >= 4 is 63.3 Å². The third-order valence-corrected chi connectivity index (χ3v) is 7.88. The van der Waals surface area contributed by atoms with Crippen LogP contribution in [0.3, 0.4) is 0 Å². The Bertz CT molecular complexity index is 1660. The molecule has 242 valence electrons. The second-order valence-electron chi connectivity index (χ2n) is 9.74. The number of carbonyl (C=O) groups excluding carboxylic acids is 1. The molecule has 1 aliphatic rings. The number of carbonyl (C=O) groups is 1. The van der Waals surface area contributed by atoms with Gasteiger partial charge in [-0.05, 0) is 99.8 Å². The van der Waals surface area contributed by atoms with E-state index in [1.807, 2.05) is 101 Å². The van der Waals surface area contributed by atoms with Crippen LogP contribution in [-0.4, -0.2) is 30.0 Å². The van der Waals surface area contributed by atoms with Crippen LogP contribution >= 0.6 is 35.1 Å². The largest absolute Gasteiger partial charge is 0.399 e. The Morgan fingerprint density at radius 3 is 2.39 bits per heavy atom. The van der Waals surface area contributed by atoms with Gasteiger partial charge in [0.15, 0.2) is 0 Å². The number of benzene rings is 3. The number of nitrogens with two attached hydrogens (primary N) is 1. The van der Waals surface area contributed by atoms with Gasteiger partial charge in [-0.25, -0.2) is 4.98 Å². The molecule has 3 N–H and O–H groups in total. The van der Waals surface area contributed by atoms with Crippen LogP contribution in [0, 0.1) is 6.92 Å². The number of nitrogens with one attached hydrogen (secondary N) is 1. The summed E-state index contributed by atoms with van der Waals surface area (Å²) in [5, 5.41) is 5.51. The Kier molecular flexibility index (Phi) is 16.7. The lowest BCUT2D eigenvalue weighted by Crippen LogP contribution is -2.26. The first-order valence-electron chi connectivity index (χ1n) is 14.5. The quantitative estimate of drug-likeness (QED) is 0.124. The third-order valence-electron chi connectivity index (χ3n) is 6.35. The smallest absolute Gasteiger partial charge is 0.255 e. The van der Waals surface area contributed by atoms with Crippen molar-refractivity contribution in [3.63, 3.8) is 0 Å². The van der Waals surface area contributed by atoms with Gasteiger partial charge < -0.3 is 20.1 Å². The fraction of sp³-hybridized carbons (Fsp3) is 0.189. The Labute approximate surface area is 287 Å². The number of nitrogens with zero attached hydrogens (tertiary/aromatic N) is 2. The molecule has 6 nitrogen and oxygen atoms in total. The number of ether oxygens (including phenoxy) is 1. The van der Waals surface area contributed by atoms with Crippen LogP contribution in [-0.2, 0) is 4.74 Å². The van der Waals surface area contributed by atoms with Gasteiger partial charge in [-0.1, -0.05) is 66.2 Å². The number of rotatable bonds is 5. The molecule has 0 unspecified atom stereocenters. The molecule has 1 amide bonds. The average molecular weight is 678 g/mol.